The minimum absolute atomic E-state index is 0.430. The molecule has 3 nitrogen and oxygen atoms in total. The fourth-order valence-electron chi connectivity index (χ4n) is 2.25. The highest BCUT2D eigenvalue weighted by Gasteiger charge is 2.15. The van der Waals surface area contributed by atoms with Crippen LogP contribution in [0, 0.1) is 5.92 Å². The van der Waals surface area contributed by atoms with Gasteiger partial charge in [-0.15, -0.1) is 0 Å². The Kier molecular flexibility index (Phi) is 5.80. The lowest BCUT2D eigenvalue weighted by Gasteiger charge is -2.28. The maximum atomic E-state index is 5.80. The Morgan fingerprint density at radius 2 is 1.79 bits per heavy atom. The van der Waals surface area contributed by atoms with E-state index in [4.69, 9.17) is 10.7 Å². The molecular formula is C16H29N3. The van der Waals surface area contributed by atoms with Crippen LogP contribution in [0.5, 0.6) is 0 Å². The predicted octanol–water partition coefficient (Wildman–Crippen LogP) is 3.53. The van der Waals surface area contributed by atoms with E-state index in [1.165, 1.54) is 6.42 Å². The van der Waals surface area contributed by atoms with Crippen LogP contribution in [-0.4, -0.2) is 18.1 Å². The highest BCUT2D eigenvalue weighted by molar-refractivity contribution is 5.43. The Labute approximate surface area is 118 Å². The highest BCUT2D eigenvalue weighted by atomic mass is 15.2. The fourth-order valence-corrected chi connectivity index (χ4v) is 2.25. The molecule has 0 saturated heterocycles. The van der Waals surface area contributed by atoms with Gasteiger partial charge >= 0.3 is 0 Å². The topological polar surface area (TPSA) is 42.1 Å². The molecule has 1 rings (SSSR count). The van der Waals surface area contributed by atoms with Crippen LogP contribution in [0.15, 0.2) is 12.1 Å². The maximum Gasteiger partial charge on any atom is 0.129 e. The van der Waals surface area contributed by atoms with Crippen molar-refractivity contribution in [3.8, 4) is 0 Å². The molecule has 1 aromatic heterocycles. The molecule has 0 fully saturated rings. The van der Waals surface area contributed by atoms with Crippen molar-refractivity contribution < 1.29 is 0 Å². The van der Waals surface area contributed by atoms with Gasteiger partial charge in [0.05, 0.1) is 0 Å². The van der Waals surface area contributed by atoms with Crippen LogP contribution in [0.3, 0.4) is 0 Å². The van der Waals surface area contributed by atoms with Crippen molar-refractivity contribution in [2.75, 3.05) is 11.9 Å². The first-order chi connectivity index (χ1) is 8.85. The summed E-state index contributed by atoms with van der Waals surface area (Å²) in [4.78, 5) is 7.05. The van der Waals surface area contributed by atoms with Crippen molar-refractivity contribution in [1.29, 1.82) is 0 Å². The van der Waals surface area contributed by atoms with Gasteiger partial charge in [0, 0.05) is 25.3 Å². The number of nitrogens with zero attached hydrogens (tertiary/aromatic N) is 2. The lowest BCUT2D eigenvalue weighted by Crippen LogP contribution is -2.31. The number of rotatable bonds is 6. The van der Waals surface area contributed by atoms with E-state index in [1.807, 2.05) is 0 Å². The van der Waals surface area contributed by atoms with Crippen LogP contribution < -0.4 is 10.6 Å². The molecule has 0 spiro atoms. The largest absolute Gasteiger partial charge is 0.357 e. The molecule has 3 heteroatoms. The van der Waals surface area contributed by atoms with Crippen LogP contribution in [0.4, 0.5) is 5.82 Å². The van der Waals surface area contributed by atoms with Crippen molar-refractivity contribution in [3.05, 3.63) is 23.4 Å². The molecule has 0 amide bonds. The van der Waals surface area contributed by atoms with Crippen LogP contribution in [0.1, 0.15) is 58.2 Å². The maximum absolute atomic E-state index is 5.80. The number of hydrogen-bond donors (Lipinski definition) is 1. The van der Waals surface area contributed by atoms with Gasteiger partial charge in [-0.1, -0.05) is 27.7 Å². The number of anilines is 1. The first-order valence-electron chi connectivity index (χ1n) is 7.28. The van der Waals surface area contributed by atoms with Gasteiger partial charge in [-0.25, -0.2) is 4.98 Å². The van der Waals surface area contributed by atoms with Crippen molar-refractivity contribution in [2.24, 2.45) is 11.7 Å². The Balaban J connectivity index is 3.01. The Morgan fingerprint density at radius 3 is 2.26 bits per heavy atom. The zero-order valence-electron chi connectivity index (χ0n) is 13.3. The molecule has 108 valence electrons. The molecule has 1 heterocycles. The van der Waals surface area contributed by atoms with E-state index in [0.717, 1.165) is 17.1 Å². The van der Waals surface area contributed by atoms with Gasteiger partial charge in [-0.3, -0.25) is 0 Å². The van der Waals surface area contributed by atoms with Crippen LogP contribution in [-0.2, 0) is 6.54 Å². The summed E-state index contributed by atoms with van der Waals surface area (Å²) in [6, 6.07) is 4.72. The number of nitrogens with two attached hydrogens (primary N) is 1. The van der Waals surface area contributed by atoms with Crippen molar-refractivity contribution in [1.82, 2.24) is 4.98 Å². The summed E-state index contributed by atoms with van der Waals surface area (Å²) in [5.74, 6) is 2.17. The molecule has 1 atom stereocenters. The van der Waals surface area contributed by atoms with Crippen molar-refractivity contribution >= 4 is 5.82 Å². The Bertz CT molecular complexity index is 399. The molecular weight excluding hydrogens is 234 g/mol. The van der Waals surface area contributed by atoms with Gasteiger partial charge in [-0.05, 0) is 42.9 Å². The van der Waals surface area contributed by atoms with E-state index in [2.05, 4.69) is 58.7 Å². The van der Waals surface area contributed by atoms with Gasteiger partial charge in [0.15, 0.2) is 0 Å². The van der Waals surface area contributed by atoms with Gasteiger partial charge in [0.2, 0.25) is 0 Å². The molecule has 1 unspecified atom stereocenters. The summed E-state index contributed by atoms with van der Waals surface area (Å²) in [6.07, 6.45) is 1.17. The van der Waals surface area contributed by atoms with Gasteiger partial charge in [0.1, 0.15) is 5.82 Å². The summed E-state index contributed by atoms with van der Waals surface area (Å²) in [5.41, 5.74) is 8.09. The number of pyridine rings is 1. The minimum Gasteiger partial charge on any atom is -0.357 e. The monoisotopic (exact) mass is 263 g/mol. The molecule has 0 aromatic carbocycles. The minimum atomic E-state index is 0.430. The molecule has 1 aromatic rings. The Morgan fingerprint density at radius 1 is 1.16 bits per heavy atom. The normalized spacial score (nSPS) is 13.1. The van der Waals surface area contributed by atoms with Gasteiger partial charge in [-0.2, -0.15) is 0 Å². The lowest BCUT2D eigenvalue weighted by molar-refractivity contribution is 0.501. The smallest absolute Gasteiger partial charge is 0.129 e. The first-order valence-corrected chi connectivity index (χ1v) is 7.28. The molecule has 2 N–H and O–H groups in total. The molecule has 0 aliphatic carbocycles. The van der Waals surface area contributed by atoms with Crippen molar-refractivity contribution in [3.63, 3.8) is 0 Å². The third kappa shape index (κ3) is 4.50. The van der Waals surface area contributed by atoms with E-state index in [0.29, 0.717) is 24.4 Å². The lowest BCUT2D eigenvalue weighted by atomic mass is 10.0. The van der Waals surface area contributed by atoms with E-state index < -0.39 is 0 Å². The zero-order chi connectivity index (χ0) is 14.6. The van der Waals surface area contributed by atoms with E-state index >= 15 is 0 Å². The molecule has 0 saturated carbocycles. The second-order valence-corrected chi connectivity index (χ2v) is 6.21. The summed E-state index contributed by atoms with van der Waals surface area (Å²) < 4.78 is 0. The Hall–Kier alpha value is -1.09. The molecule has 19 heavy (non-hydrogen) atoms. The fraction of sp³-hybridized carbons (Fsp3) is 0.688. The third-order valence-electron chi connectivity index (χ3n) is 3.55. The molecule has 0 aliphatic heterocycles. The number of hydrogen-bond acceptors (Lipinski definition) is 3. The highest BCUT2D eigenvalue weighted by Crippen LogP contribution is 2.22. The number of aromatic nitrogens is 1. The molecule has 0 aliphatic rings. The summed E-state index contributed by atoms with van der Waals surface area (Å²) in [6.45, 7) is 11.7. The second kappa shape index (κ2) is 6.90. The average Bonchev–Trinajstić information content (AvgIpc) is 2.36. The standard InChI is InChI=1S/C16H29N3/c1-11(2)7-13(5)19(6)16-9-14(10-17)8-15(18-16)12(3)4/h8-9,11-13H,7,10,17H2,1-6H3. The van der Waals surface area contributed by atoms with Crippen LogP contribution in [0.2, 0.25) is 0 Å². The summed E-state index contributed by atoms with van der Waals surface area (Å²) in [5, 5.41) is 0. The van der Waals surface area contributed by atoms with Gasteiger partial charge < -0.3 is 10.6 Å². The predicted molar refractivity (Wildman–Crippen MR) is 83.5 cm³/mol. The van der Waals surface area contributed by atoms with Crippen LogP contribution >= 0.6 is 0 Å². The third-order valence-corrected chi connectivity index (χ3v) is 3.55. The second-order valence-electron chi connectivity index (χ2n) is 6.21. The van der Waals surface area contributed by atoms with E-state index in [-0.39, 0.29) is 0 Å². The van der Waals surface area contributed by atoms with E-state index in [9.17, 15) is 0 Å². The average molecular weight is 263 g/mol. The SMILES string of the molecule is CC(C)CC(C)N(C)c1cc(CN)cc(C(C)C)n1. The first kappa shape index (κ1) is 16.0. The molecule has 0 radical (unpaired) electrons. The zero-order valence-corrected chi connectivity index (χ0v) is 13.3. The van der Waals surface area contributed by atoms with Gasteiger partial charge in [0.25, 0.3) is 0 Å². The summed E-state index contributed by atoms with van der Waals surface area (Å²) >= 11 is 0. The molecule has 0 bridgehead atoms. The summed E-state index contributed by atoms with van der Waals surface area (Å²) in [7, 11) is 2.12. The van der Waals surface area contributed by atoms with Crippen molar-refractivity contribution in [2.45, 2.75) is 59.5 Å². The van der Waals surface area contributed by atoms with E-state index in [1.54, 1.807) is 0 Å². The van der Waals surface area contributed by atoms with Crippen LogP contribution in [0.25, 0.3) is 0 Å². The quantitative estimate of drug-likeness (QED) is 0.853.